The lowest BCUT2D eigenvalue weighted by molar-refractivity contribution is -0.153. The molecule has 1 aliphatic heterocycles. The standard InChI is InChI=1S/C14H25NO4/c1-14(2,13(17)18)11-6-4-8-15(10-11)12(16)7-5-9-19-3/h11H,4-10H2,1-3H3,(H,17,18). The lowest BCUT2D eigenvalue weighted by Gasteiger charge is -2.39. The van der Waals surface area contributed by atoms with Crippen molar-refractivity contribution in [3.63, 3.8) is 0 Å². The molecule has 1 unspecified atom stereocenters. The summed E-state index contributed by atoms with van der Waals surface area (Å²) in [5.74, 6) is -0.640. The highest BCUT2D eigenvalue weighted by Crippen LogP contribution is 2.34. The third-order valence-corrected chi connectivity index (χ3v) is 4.09. The first-order chi connectivity index (χ1) is 8.89. The van der Waals surface area contributed by atoms with Crippen LogP contribution in [0.25, 0.3) is 0 Å². The normalized spacial score (nSPS) is 20.4. The third kappa shape index (κ3) is 4.20. The van der Waals surface area contributed by atoms with E-state index >= 15 is 0 Å². The monoisotopic (exact) mass is 271 g/mol. The van der Waals surface area contributed by atoms with Crippen molar-refractivity contribution in [3.8, 4) is 0 Å². The average molecular weight is 271 g/mol. The van der Waals surface area contributed by atoms with Crippen LogP contribution >= 0.6 is 0 Å². The van der Waals surface area contributed by atoms with E-state index in [1.54, 1.807) is 21.0 Å². The number of piperidine rings is 1. The number of rotatable bonds is 6. The van der Waals surface area contributed by atoms with Gasteiger partial charge in [-0.3, -0.25) is 9.59 Å². The van der Waals surface area contributed by atoms with Crippen LogP contribution in [0.1, 0.15) is 39.5 Å². The summed E-state index contributed by atoms with van der Waals surface area (Å²) in [5.41, 5.74) is -0.772. The molecule has 5 heteroatoms. The van der Waals surface area contributed by atoms with Crippen molar-refractivity contribution >= 4 is 11.9 Å². The Bertz CT molecular complexity index is 327. The van der Waals surface area contributed by atoms with Gasteiger partial charge in [0.2, 0.25) is 5.91 Å². The minimum absolute atomic E-state index is 0.0325. The number of carbonyl (C=O) groups excluding carboxylic acids is 1. The van der Waals surface area contributed by atoms with Gasteiger partial charge in [0.05, 0.1) is 5.41 Å². The van der Waals surface area contributed by atoms with Crippen LogP contribution in [0.4, 0.5) is 0 Å². The van der Waals surface area contributed by atoms with Crippen molar-refractivity contribution in [2.24, 2.45) is 11.3 Å². The second-order valence-corrected chi connectivity index (χ2v) is 5.80. The Balaban J connectivity index is 2.54. The molecule has 0 radical (unpaired) electrons. The summed E-state index contributed by atoms with van der Waals surface area (Å²) in [7, 11) is 1.62. The molecule has 1 N–H and O–H groups in total. The molecule has 1 saturated heterocycles. The van der Waals surface area contributed by atoms with E-state index < -0.39 is 11.4 Å². The molecule has 0 saturated carbocycles. The fourth-order valence-electron chi connectivity index (χ4n) is 2.49. The van der Waals surface area contributed by atoms with E-state index in [-0.39, 0.29) is 11.8 Å². The quantitative estimate of drug-likeness (QED) is 0.748. The van der Waals surface area contributed by atoms with Crippen LogP contribution < -0.4 is 0 Å². The fraction of sp³-hybridized carbons (Fsp3) is 0.857. The first kappa shape index (κ1) is 16.0. The molecule has 110 valence electrons. The van der Waals surface area contributed by atoms with Crippen LogP contribution in [0.5, 0.6) is 0 Å². The van der Waals surface area contributed by atoms with E-state index in [9.17, 15) is 14.7 Å². The molecule has 1 aliphatic rings. The first-order valence-corrected chi connectivity index (χ1v) is 6.89. The van der Waals surface area contributed by atoms with E-state index in [0.717, 1.165) is 25.8 Å². The van der Waals surface area contributed by atoms with Gasteiger partial charge in [-0.05, 0) is 39.0 Å². The van der Waals surface area contributed by atoms with E-state index in [1.807, 2.05) is 4.90 Å². The van der Waals surface area contributed by atoms with Gasteiger partial charge in [-0.25, -0.2) is 0 Å². The van der Waals surface area contributed by atoms with Crippen LogP contribution in [-0.2, 0) is 14.3 Å². The van der Waals surface area contributed by atoms with Crippen LogP contribution in [0.3, 0.4) is 0 Å². The number of ether oxygens (including phenoxy) is 1. The van der Waals surface area contributed by atoms with Crippen molar-refractivity contribution in [2.75, 3.05) is 26.8 Å². The Morgan fingerprint density at radius 1 is 1.42 bits per heavy atom. The van der Waals surface area contributed by atoms with Gasteiger partial charge < -0.3 is 14.7 Å². The smallest absolute Gasteiger partial charge is 0.309 e. The van der Waals surface area contributed by atoms with E-state index in [0.29, 0.717) is 19.6 Å². The second-order valence-electron chi connectivity index (χ2n) is 5.80. The Kier molecular flexibility index (Phi) is 5.79. The second kappa shape index (κ2) is 6.89. The first-order valence-electron chi connectivity index (χ1n) is 6.89. The number of hydrogen-bond donors (Lipinski definition) is 1. The number of amides is 1. The number of methoxy groups -OCH3 is 1. The zero-order valence-corrected chi connectivity index (χ0v) is 12.1. The Morgan fingerprint density at radius 3 is 2.68 bits per heavy atom. The molecule has 0 aromatic carbocycles. The third-order valence-electron chi connectivity index (χ3n) is 4.09. The van der Waals surface area contributed by atoms with Gasteiger partial charge in [-0.15, -0.1) is 0 Å². The van der Waals surface area contributed by atoms with Crippen molar-refractivity contribution in [1.82, 2.24) is 4.90 Å². The molecule has 0 bridgehead atoms. The number of carboxylic acid groups (broad SMARTS) is 1. The van der Waals surface area contributed by atoms with Crippen molar-refractivity contribution < 1.29 is 19.4 Å². The number of aliphatic carboxylic acids is 1. The van der Waals surface area contributed by atoms with Gasteiger partial charge in [0, 0.05) is 33.2 Å². The maximum absolute atomic E-state index is 12.0. The van der Waals surface area contributed by atoms with E-state index in [4.69, 9.17) is 4.74 Å². The summed E-state index contributed by atoms with van der Waals surface area (Å²) < 4.78 is 4.94. The summed E-state index contributed by atoms with van der Waals surface area (Å²) in [5, 5.41) is 9.27. The molecule has 0 aromatic rings. The van der Waals surface area contributed by atoms with Gasteiger partial charge in [0.1, 0.15) is 0 Å². The molecule has 1 heterocycles. The SMILES string of the molecule is COCCCC(=O)N1CCCC(C(C)(C)C(=O)O)C1. The minimum atomic E-state index is -0.786. The number of nitrogens with zero attached hydrogens (tertiary/aromatic N) is 1. The fourth-order valence-corrected chi connectivity index (χ4v) is 2.49. The molecule has 5 nitrogen and oxygen atoms in total. The van der Waals surface area contributed by atoms with Gasteiger partial charge in [-0.2, -0.15) is 0 Å². The number of carbonyl (C=O) groups is 2. The Morgan fingerprint density at radius 2 is 2.11 bits per heavy atom. The zero-order valence-electron chi connectivity index (χ0n) is 12.1. The summed E-state index contributed by atoms with van der Waals surface area (Å²) in [6.45, 7) is 5.39. The summed E-state index contributed by atoms with van der Waals surface area (Å²) >= 11 is 0. The van der Waals surface area contributed by atoms with Gasteiger partial charge in [0.15, 0.2) is 0 Å². The molecule has 1 amide bonds. The van der Waals surface area contributed by atoms with Gasteiger partial charge in [-0.1, -0.05) is 0 Å². The molecular formula is C14H25NO4. The van der Waals surface area contributed by atoms with Crippen LogP contribution in [0.2, 0.25) is 0 Å². The Labute approximate surface area is 114 Å². The van der Waals surface area contributed by atoms with Crippen LogP contribution in [-0.4, -0.2) is 48.7 Å². The van der Waals surface area contributed by atoms with E-state index in [2.05, 4.69) is 0 Å². The lowest BCUT2D eigenvalue weighted by Crippen LogP contribution is -2.46. The van der Waals surface area contributed by atoms with Crippen molar-refractivity contribution in [1.29, 1.82) is 0 Å². The van der Waals surface area contributed by atoms with Gasteiger partial charge >= 0.3 is 5.97 Å². The number of carboxylic acids is 1. The zero-order chi connectivity index (χ0) is 14.5. The maximum Gasteiger partial charge on any atom is 0.309 e. The molecule has 0 aromatic heterocycles. The van der Waals surface area contributed by atoms with Crippen molar-refractivity contribution in [2.45, 2.75) is 39.5 Å². The topological polar surface area (TPSA) is 66.8 Å². The Hall–Kier alpha value is -1.10. The lowest BCUT2D eigenvalue weighted by atomic mass is 9.74. The highest BCUT2D eigenvalue weighted by Gasteiger charge is 2.39. The number of likely N-dealkylation sites (tertiary alicyclic amines) is 1. The predicted octanol–water partition coefficient (Wildman–Crippen LogP) is 1.76. The van der Waals surface area contributed by atoms with E-state index in [1.165, 1.54) is 0 Å². The van der Waals surface area contributed by atoms with Gasteiger partial charge in [0.25, 0.3) is 0 Å². The van der Waals surface area contributed by atoms with Crippen LogP contribution in [0.15, 0.2) is 0 Å². The molecule has 1 fully saturated rings. The minimum Gasteiger partial charge on any atom is -0.481 e. The maximum atomic E-state index is 12.0. The average Bonchev–Trinajstić information content (AvgIpc) is 2.39. The van der Waals surface area contributed by atoms with Crippen molar-refractivity contribution in [3.05, 3.63) is 0 Å². The molecule has 19 heavy (non-hydrogen) atoms. The predicted molar refractivity (Wildman–Crippen MR) is 71.8 cm³/mol. The molecule has 0 spiro atoms. The molecule has 1 atom stereocenters. The highest BCUT2D eigenvalue weighted by atomic mass is 16.5. The van der Waals surface area contributed by atoms with Crippen LogP contribution in [0, 0.1) is 11.3 Å². The molecule has 1 rings (SSSR count). The number of hydrogen-bond acceptors (Lipinski definition) is 3. The molecular weight excluding hydrogens is 246 g/mol. The summed E-state index contributed by atoms with van der Waals surface area (Å²) in [4.78, 5) is 25.1. The summed E-state index contributed by atoms with van der Waals surface area (Å²) in [6, 6.07) is 0. The summed E-state index contributed by atoms with van der Waals surface area (Å²) in [6.07, 6.45) is 2.96. The largest absolute Gasteiger partial charge is 0.481 e. The highest BCUT2D eigenvalue weighted by molar-refractivity contribution is 5.77. The molecule has 0 aliphatic carbocycles.